The molecule has 0 aromatic rings. The zero-order valence-corrected chi connectivity index (χ0v) is 8.96. The van der Waals surface area contributed by atoms with Gasteiger partial charge >= 0.3 is 18.0 Å². The van der Waals surface area contributed by atoms with Gasteiger partial charge in [-0.05, 0) is 0 Å². The van der Waals surface area contributed by atoms with Gasteiger partial charge in [0.25, 0.3) is 0 Å². The Morgan fingerprint density at radius 1 is 1.35 bits per heavy atom. The van der Waals surface area contributed by atoms with Crippen LogP contribution in [-0.4, -0.2) is 60.8 Å². The maximum atomic E-state index is 12.1. The number of nitrogens with one attached hydrogen (secondary N) is 1. The number of hydrogen-bond acceptors (Lipinski definition) is 4. The fourth-order valence-corrected chi connectivity index (χ4v) is 0.994. The van der Waals surface area contributed by atoms with Crippen LogP contribution in [0.1, 0.15) is 0 Å². The number of amides is 2. The summed E-state index contributed by atoms with van der Waals surface area (Å²) in [6.07, 6.45) is -4.63. The van der Waals surface area contributed by atoms with Crippen LogP contribution in [0, 0.1) is 0 Å². The molecule has 0 heterocycles. The van der Waals surface area contributed by atoms with Crippen LogP contribution >= 0.6 is 0 Å². The molecule has 0 aromatic carbocycles. The van der Waals surface area contributed by atoms with Gasteiger partial charge in [-0.15, -0.1) is 0 Å². The molecule has 4 N–H and O–H groups in total. The summed E-state index contributed by atoms with van der Waals surface area (Å²) in [5, 5.41) is 10.6. The third-order valence-corrected chi connectivity index (χ3v) is 1.65. The van der Waals surface area contributed by atoms with Crippen molar-refractivity contribution in [2.24, 2.45) is 5.73 Å². The van der Waals surface area contributed by atoms with E-state index in [1.54, 1.807) is 0 Å². The van der Waals surface area contributed by atoms with Crippen LogP contribution in [0.3, 0.4) is 0 Å². The van der Waals surface area contributed by atoms with Crippen molar-refractivity contribution < 1.29 is 27.9 Å². The molecule has 0 bridgehead atoms. The molecule has 17 heavy (non-hydrogen) atoms. The predicted molar refractivity (Wildman–Crippen MR) is 51.8 cm³/mol. The molecular weight excluding hydrogens is 243 g/mol. The lowest BCUT2D eigenvalue weighted by atomic mass is 10.4. The summed E-state index contributed by atoms with van der Waals surface area (Å²) < 4.78 is 36.2. The molecule has 0 saturated heterocycles. The molecule has 0 atom stereocenters. The van der Waals surface area contributed by atoms with Gasteiger partial charge in [-0.2, -0.15) is 13.2 Å². The summed E-state index contributed by atoms with van der Waals surface area (Å²) in [4.78, 5) is 22.6. The molecule has 6 nitrogen and oxygen atoms in total. The van der Waals surface area contributed by atoms with Crippen molar-refractivity contribution in [1.82, 2.24) is 10.2 Å². The van der Waals surface area contributed by atoms with Gasteiger partial charge in [0.2, 0.25) is 0 Å². The number of aliphatic hydroxyl groups excluding tert-OH is 1. The van der Waals surface area contributed by atoms with E-state index in [1.165, 1.54) is 0 Å². The topological polar surface area (TPSA) is 95.7 Å². The van der Waals surface area contributed by atoms with Crippen molar-refractivity contribution in [3.63, 3.8) is 0 Å². The number of nitrogens with two attached hydrogens (primary N) is 1. The van der Waals surface area contributed by atoms with E-state index in [4.69, 9.17) is 10.8 Å². The predicted octanol–water partition coefficient (Wildman–Crippen LogP) is -1.56. The molecule has 0 aliphatic heterocycles. The number of hydrogen-bond donors (Lipinski definition) is 3. The molecule has 0 fully saturated rings. The lowest BCUT2D eigenvalue weighted by Gasteiger charge is -2.22. The van der Waals surface area contributed by atoms with Crippen LogP contribution in [-0.2, 0) is 9.59 Å². The Morgan fingerprint density at radius 2 is 1.94 bits per heavy atom. The van der Waals surface area contributed by atoms with Crippen molar-refractivity contribution in [2.75, 3.05) is 32.8 Å². The third kappa shape index (κ3) is 6.74. The summed E-state index contributed by atoms with van der Waals surface area (Å²) >= 11 is 0. The molecule has 0 saturated carbocycles. The Labute approximate surface area is 95.6 Å². The number of rotatable bonds is 5. The first kappa shape index (κ1) is 15.7. The Balaban J connectivity index is 4.48. The Hall–Kier alpha value is -1.35. The maximum Gasteiger partial charge on any atom is 0.406 e. The van der Waals surface area contributed by atoms with E-state index in [0.717, 1.165) is 0 Å². The van der Waals surface area contributed by atoms with E-state index in [-0.39, 0.29) is 18.0 Å². The smallest absolute Gasteiger partial charge is 0.395 e. The second-order valence-corrected chi connectivity index (χ2v) is 3.11. The van der Waals surface area contributed by atoms with Crippen LogP contribution in [0.4, 0.5) is 13.2 Å². The van der Waals surface area contributed by atoms with Crippen molar-refractivity contribution in [1.29, 1.82) is 0 Å². The summed E-state index contributed by atoms with van der Waals surface area (Å²) in [7, 11) is 0. The average molecular weight is 257 g/mol. The van der Waals surface area contributed by atoms with Crippen LogP contribution in [0.5, 0.6) is 0 Å². The molecule has 9 heteroatoms. The summed E-state index contributed by atoms with van der Waals surface area (Å²) in [6, 6.07) is 0. The van der Waals surface area contributed by atoms with Gasteiger partial charge in [0, 0.05) is 19.6 Å². The second-order valence-electron chi connectivity index (χ2n) is 3.11. The Morgan fingerprint density at radius 3 is 2.35 bits per heavy atom. The molecule has 100 valence electrons. The molecular formula is C8H14F3N3O3. The number of halogens is 3. The third-order valence-electron chi connectivity index (χ3n) is 1.65. The van der Waals surface area contributed by atoms with Crippen molar-refractivity contribution in [3.8, 4) is 0 Å². The Kier molecular flexibility index (Phi) is 6.51. The minimum Gasteiger partial charge on any atom is -0.395 e. The standard InChI is InChI=1S/C8H14F3N3O3/c9-8(10,11)5-14(3-4-15)7(17)6(16)13-2-1-12/h15H,1-5,12H2,(H,13,16). The largest absolute Gasteiger partial charge is 0.406 e. The summed E-state index contributed by atoms with van der Waals surface area (Å²) in [6.45, 7) is -2.75. The Bertz CT molecular complexity index is 270. The number of nitrogens with zero attached hydrogens (tertiary/aromatic N) is 1. The maximum absolute atomic E-state index is 12.1. The van der Waals surface area contributed by atoms with E-state index < -0.39 is 37.7 Å². The highest BCUT2D eigenvalue weighted by molar-refractivity contribution is 6.35. The minimum atomic E-state index is -4.63. The first-order valence-electron chi connectivity index (χ1n) is 4.76. The van der Waals surface area contributed by atoms with Gasteiger partial charge < -0.3 is 21.1 Å². The lowest BCUT2D eigenvalue weighted by Crippen LogP contribution is -2.48. The van der Waals surface area contributed by atoms with Gasteiger partial charge in [0.1, 0.15) is 6.54 Å². The zero-order chi connectivity index (χ0) is 13.5. The second kappa shape index (κ2) is 7.07. The van der Waals surface area contributed by atoms with E-state index in [1.807, 2.05) is 0 Å². The first-order chi connectivity index (χ1) is 7.81. The molecule has 0 spiro atoms. The normalized spacial score (nSPS) is 11.1. The summed E-state index contributed by atoms with van der Waals surface area (Å²) in [5.74, 6) is -2.52. The molecule has 0 aliphatic rings. The number of carbonyl (C=O) groups excluding carboxylic acids is 2. The van der Waals surface area contributed by atoms with Crippen molar-refractivity contribution in [2.45, 2.75) is 6.18 Å². The van der Waals surface area contributed by atoms with E-state index >= 15 is 0 Å². The molecule has 0 radical (unpaired) electrons. The molecule has 2 amide bonds. The molecule has 0 unspecified atom stereocenters. The van der Waals surface area contributed by atoms with E-state index in [0.29, 0.717) is 0 Å². The first-order valence-corrected chi connectivity index (χ1v) is 4.76. The quantitative estimate of drug-likeness (QED) is 0.519. The van der Waals surface area contributed by atoms with Crippen molar-refractivity contribution >= 4 is 11.8 Å². The zero-order valence-electron chi connectivity index (χ0n) is 8.96. The monoisotopic (exact) mass is 257 g/mol. The molecule has 0 rings (SSSR count). The fraction of sp³-hybridized carbons (Fsp3) is 0.750. The van der Waals surface area contributed by atoms with E-state index in [2.05, 4.69) is 5.32 Å². The SMILES string of the molecule is NCCNC(=O)C(=O)N(CCO)CC(F)(F)F. The molecule has 0 aromatic heterocycles. The van der Waals surface area contributed by atoms with Gasteiger partial charge in [-0.1, -0.05) is 0 Å². The van der Waals surface area contributed by atoms with Gasteiger partial charge in [0.15, 0.2) is 0 Å². The van der Waals surface area contributed by atoms with Crippen molar-refractivity contribution in [3.05, 3.63) is 0 Å². The number of alkyl halides is 3. The lowest BCUT2D eigenvalue weighted by molar-refractivity contribution is -0.165. The fourth-order valence-electron chi connectivity index (χ4n) is 0.994. The average Bonchev–Trinajstić information content (AvgIpc) is 2.22. The van der Waals surface area contributed by atoms with Crippen LogP contribution in [0.15, 0.2) is 0 Å². The van der Waals surface area contributed by atoms with Gasteiger partial charge in [-0.25, -0.2) is 0 Å². The van der Waals surface area contributed by atoms with Crippen LogP contribution in [0.25, 0.3) is 0 Å². The van der Waals surface area contributed by atoms with E-state index in [9.17, 15) is 22.8 Å². The van der Waals surface area contributed by atoms with Crippen LogP contribution in [0.2, 0.25) is 0 Å². The minimum absolute atomic E-state index is 0.0104. The highest BCUT2D eigenvalue weighted by Gasteiger charge is 2.34. The highest BCUT2D eigenvalue weighted by atomic mass is 19.4. The number of carbonyl (C=O) groups is 2. The number of aliphatic hydroxyl groups is 1. The van der Waals surface area contributed by atoms with Crippen LogP contribution < -0.4 is 11.1 Å². The molecule has 0 aliphatic carbocycles. The van der Waals surface area contributed by atoms with Gasteiger partial charge in [-0.3, -0.25) is 9.59 Å². The highest BCUT2D eigenvalue weighted by Crippen LogP contribution is 2.16. The van der Waals surface area contributed by atoms with Gasteiger partial charge in [0.05, 0.1) is 6.61 Å². The summed E-state index contributed by atoms with van der Waals surface area (Å²) in [5.41, 5.74) is 5.05.